The highest BCUT2D eigenvalue weighted by Crippen LogP contribution is 2.25. The standard InChI is InChI=1S/C25H30N2O4/c1-30-24-14-8-5-10-19(24)15-18(17-31-25(26)29)9-3-2-4-13-23(28)21-16-27-22-12-7-6-11-20(21)22/h5-8,10-12,14,16,18,27H,2-4,9,13,15,17H2,1H3,(H2,26,29). The molecular weight excluding hydrogens is 392 g/mol. The van der Waals surface area contributed by atoms with E-state index in [4.69, 9.17) is 15.2 Å². The molecule has 164 valence electrons. The van der Waals surface area contributed by atoms with Crippen molar-refractivity contribution in [3.05, 3.63) is 65.9 Å². The largest absolute Gasteiger partial charge is 0.496 e. The maximum atomic E-state index is 12.6. The first-order chi connectivity index (χ1) is 15.1. The molecule has 3 N–H and O–H groups in total. The predicted octanol–water partition coefficient (Wildman–Crippen LogP) is 5.26. The molecule has 3 rings (SSSR count). The van der Waals surface area contributed by atoms with Crippen LogP contribution in [0.4, 0.5) is 4.79 Å². The van der Waals surface area contributed by atoms with Gasteiger partial charge < -0.3 is 20.2 Å². The lowest BCUT2D eigenvalue weighted by molar-refractivity contribution is 0.0979. The fraction of sp³-hybridized carbons (Fsp3) is 0.360. The van der Waals surface area contributed by atoms with Crippen LogP contribution in [0.1, 0.15) is 48.0 Å². The minimum Gasteiger partial charge on any atom is -0.496 e. The molecule has 6 nitrogen and oxygen atoms in total. The Labute approximate surface area is 182 Å². The number of benzene rings is 2. The Morgan fingerprint density at radius 3 is 2.61 bits per heavy atom. The summed E-state index contributed by atoms with van der Waals surface area (Å²) in [6, 6.07) is 15.7. The van der Waals surface area contributed by atoms with Crippen molar-refractivity contribution in [3.63, 3.8) is 0 Å². The van der Waals surface area contributed by atoms with Crippen LogP contribution in [0.2, 0.25) is 0 Å². The van der Waals surface area contributed by atoms with Gasteiger partial charge in [-0.05, 0) is 42.9 Å². The number of unbranched alkanes of at least 4 members (excludes halogenated alkanes) is 2. The van der Waals surface area contributed by atoms with E-state index in [9.17, 15) is 9.59 Å². The van der Waals surface area contributed by atoms with Gasteiger partial charge in [-0.1, -0.05) is 49.2 Å². The monoisotopic (exact) mass is 422 g/mol. The van der Waals surface area contributed by atoms with E-state index in [1.165, 1.54) is 0 Å². The van der Waals surface area contributed by atoms with Crippen molar-refractivity contribution in [2.45, 2.75) is 38.5 Å². The second-order valence-electron chi connectivity index (χ2n) is 7.78. The molecule has 31 heavy (non-hydrogen) atoms. The Morgan fingerprint density at radius 2 is 1.81 bits per heavy atom. The molecule has 1 amide bonds. The Kier molecular flexibility index (Phi) is 8.10. The van der Waals surface area contributed by atoms with Crippen LogP contribution in [0.25, 0.3) is 10.9 Å². The van der Waals surface area contributed by atoms with E-state index in [-0.39, 0.29) is 18.3 Å². The van der Waals surface area contributed by atoms with E-state index < -0.39 is 6.09 Å². The summed E-state index contributed by atoms with van der Waals surface area (Å²) in [4.78, 5) is 26.8. The highest BCUT2D eigenvalue weighted by Gasteiger charge is 2.15. The van der Waals surface area contributed by atoms with Crippen LogP contribution in [-0.2, 0) is 11.2 Å². The Bertz CT molecular complexity index is 1010. The molecule has 0 fully saturated rings. The van der Waals surface area contributed by atoms with E-state index >= 15 is 0 Å². The van der Waals surface area contributed by atoms with Crippen LogP contribution in [0.5, 0.6) is 5.75 Å². The molecule has 0 aliphatic rings. The average Bonchev–Trinajstić information content (AvgIpc) is 3.21. The first-order valence-corrected chi connectivity index (χ1v) is 10.7. The third kappa shape index (κ3) is 6.35. The van der Waals surface area contributed by atoms with Crippen LogP contribution < -0.4 is 10.5 Å². The first-order valence-electron chi connectivity index (χ1n) is 10.7. The minimum atomic E-state index is -0.755. The number of nitrogens with one attached hydrogen (secondary N) is 1. The number of hydrogen-bond acceptors (Lipinski definition) is 4. The number of primary amides is 1. The number of nitrogens with two attached hydrogens (primary N) is 1. The van der Waals surface area contributed by atoms with Crippen LogP contribution in [0.15, 0.2) is 54.7 Å². The molecule has 1 unspecified atom stereocenters. The lowest BCUT2D eigenvalue weighted by Crippen LogP contribution is -2.20. The summed E-state index contributed by atoms with van der Waals surface area (Å²) >= 11 is 0. The zero-order valence-corrected chi connectivity index (χ0v) is 17.9. The van der Waals surface area contributed by atoms with Gasteiger partial charge in [0, 0.05) is 29.1 Å². The summed E-state index contributed by atoms with van der Waals surface area (Å²) < 4.78 is 10.5. The number of carbonyl (C=O) groups excluding carboxylic acids is 2. The predicted molar refractivity (Wildman–Crippen MR) is 121 cm³/mol. The number of aromatic amines is 1. The molecule has 1 heterocycles. The van der Waals surface area contributed by atoms with Gasteiger partial charge in [0.15, 0.2) is 5.78 Å². The highest BCUT2D eigenvalue weighted by molar-refractivity contribution is 6.07. The number of methoxy groups -OCH3 is 1. The number of carbonyl (C=O) groups is 2. The lowest BCUT2D eigenvalue weighted by Gasteiger charge is -2.18. The zero-order valence-electron chi connectivity index (χ0n) is 17.9. The molecule has 0 aliphatic heterocycles. The zero-order chi connectivity index (χ0) is 22.1. The van der Waals surface area contributed by atoms with E-state index in [0.29, 0.717) is 6.42 Å². The van der Waals surface area contributed by atoms with Gasteiger partial charge in [0.25, 0.3) is 0 Å². The number of fused-ring (bicyclic) bond motifs is 1. The van der Waals surface area contributed by atoms with Gasteiger partial charge in [-0.15, -0.1) is 0 Å². The molecule has 2 aromatic carbocycles. The van der Waals surface area contributed by atoms with Crippen molar-refractivity contribution in [3.8, 4) is 5.75 Å². The van der Waals surface area contributed by atoms with Gasteiger partial charge in [-0.3, -0.25) is 4.79 Å². The Morgan fingerprint density at radius 1 is 1.03 bits per heavy atom. The summed E-state index contributed by atoms with van der Waals surface area (Å²) in [6.45, 7) is 0.279. The molecule has 0 saturated heterocycles. The van der Waals surface area contributed by atoms with Crippen molar-refractivity contribution < 1.29 is 19.1 Å². The second-order valence-corrected chi connectivity index (χ2v) is 7.78. The van der Waals surface area contributed by atoms with E-state index in [2.05, 4.69) is 4.98 Å². The van der Waals surface area contributed by atoms with Crippen LogP contribution in [0.3, 0.4) is 0 Å². The number of hydrogen-bond donors (Lipinski definition) is 2. The molecule has 0 saturated carbocycles. The molecule has 6 heteroatoms. The van der Waals surface area contributed by atoms with Gasteiger partial charge in [0.2, 0.25) is 0 Å². The maximum Gasteiger partial charge on any atom is 0.404 e. The minimum absolute atomic E-state index is 0.146. The quantitative estimate of drug-likeness (QED) is 0.307. The summed E-state index contributed by atoms with van der Waals surface area (Å²) in [7, 11) is 1.65. The van der Waals surface area contributed by atoms with Gasteiger partial charge in [0.1, 0.15) is 5.75 Å². The summed E-state index contributed by atoms with van der Waals surface area (Å²) in [5.74, 6) is 1.14. The molecule has 1 atom stereocenters. The number of H-pyrrole nitrogens is 1. The van der Waals surface area contributed by atoms with Gasteiger partial charge in [-0.2, -0.15) is 0 Å². The van der Waals surface area contributed by atoms with Crippen molar-refractivity contribution in [2.24, 2.45) is 11.7 Å². The van der Waals surface area contributed by atoms with E-state index in [1.807, 2.05) is 48.5 Å². The first kappa shape index (κ1) is 22.4. The van der Waals surface area contributed by atoms with Gasteiger partial charge in [-0.25, -0.2) is 4.79 Å². The molecule has 0 spiro atoms. The van der Waals surface area contributed by atoms with E-state index in [1.54, 1.807) is 13.3 Å². The topological polar surface area (TPSA) is 94.4 Å². The SMILES string of the molecule is COc1ccccc1CC(CCCCCC(=O)c1c[nH]c2ccccc12)COC(N)=O. The van der Waals surface area contributed by atoms with Gasteiger partial charge in [0.05, 0.1) is 13.7 Å². The normalized spacial score (nSPS) is 11.9. The van der Waals surface area contributed by atoms with Crippen molar-refractivity contribution >= 4 is 22.8 Å². The average molecular weight is 423 g/mol. The summed E-state index contributed by atoms with van der Waals surface area (Å²) in [5.41, 5.74) is 7.99. The maximum absolute atomic E-state index is 12.6. The van der Waals surface area contributed by atoms with Crippen molar-refractivity contribution in [2.75, 3.05) is 13.7 Å². The Hall–Kier alpha value is -3.28. The van der Waals surface area contributed by atoms with Gasteiger partial charge >= 0.3 is 6.09 Å². The lowest BCUT2D eigenvalue weighted by atomic mass is 9.93. The van der Waals surface area contributed by atoms with Crippen LogP contribution in [-0.4, -0.2) is 30.6 Å². The molecule has 0 bridgehead atoms. The molecule has 3 aromatic rings. The molecular formula is C25H30N2O4. The fourth-order valence-corrected chi connectivity index (χ4v) is 3.96. The number of amides is 1. The third-order valence-corrected chi connectivity index (χ3v) is 5.57. The molecule has 1 aromatic heterocycles. The highest BCUT2D eigenvalue weighted by atomic mass is 16.5. The Balaban J connectivity index is 1.48. The number of rotatable bonds is 12. The smallest absolute Gasteiger partial charge is 0.404 e. The van der Waals surface area contributed by atoms with Crippen molar-refractivity contribution in [1.82, 2.24) is 4.98 Å². The number of para-hydroxylation sites is 2. The summed E-state index contributed by atoms with van der Waals surface area (Å²) in [6.07, 6.45) is 5.91. The number of ether oxygens (including phenoxy) is 2. The number of Topliss-reactive ketones (excluding diaryl/α,β-unsaturated/α-hetero) is 1. The number of ketones is 1. The third-order valence-electron chi connectivity index (χ3n) is 5.57. The molecule has 0 radical (unpaired) electrons. The second kappa shape index (κ2) is 11.2. The van der Waals surface area contributed by atoms with E-state index in [0.717, 1.165) is 59.9 Å². The molecule has 0 aliphatic carbocycles. The van der Waals surface area contributed by atoms with Crippen LogP contribution in [0, 0.1) is 5.92 Å². The summed E-state index contributed by atoms with van der Waals surface area (Å²) in [5, 5.41) is 0.980. The van der Waals surface area contributed by atoms with Crippen LogP contribution >= 0.6 is 0 Å². The number of aromatic nitrogens is 1. The fourth-order valence-electron chi connectivity index (χ4n) is 3.96. The van der Waals surface area contributed by atoms with Crippen molar-refractivity contribution in [1.29, 1.82) is 0 Å².